The molecule has 5 heteroatoms. The van der Waals surface area contributed by atoms with Gasteiger partial charge in [-0.15, -0.1) is 0 Å². The largest absolute Gasteiger partial charge is 0.481 e. The maximum absolute atomic E-state index is 11.5. The van der Waals surface area contributed by atoms with Crippen LogP contribution in [0, 0.1) is 5.92 Å². The molecule has 0 spiro atoms. The molecule has 0 fully saturated rings. The first-order valence-corrected chi connectivity index (χ1v) is 6.27. The Balaban J connectivity index is 3.33. The summed E-state index contributed by atoms with van der Waals surface area (Å²) in [6.07, 6.45) is 4.43. The molecule has 1 atom stereocenters. The van der Waals surface area contributed by atoms with Gasteiger partial charge in [-0.3, -0.25) is 9.59 Å². The summed E-state index contributed by atoms with van der Waals surface area (Å²) in [5.74, 6) is -0.707. The molecule has 0 aliphatic heterocycles. The Kier molecular flexibility index (Phi) is 9.43. The van der Waals surface area contributed by atoms with Crippen molar-refractivity contribution in [2.75, 3.05) is 13.1 Å². The molecule has 0 bridgehead atoms. The number of carbonyl (C=O) groups excluding carboxylic acids is 1. The Morgan fingerprint density at radius 1 is 1.24 bits per heavy atom. The summed E-state index contributed by atoms with van der Waals surface area (Å²) in [7, 11) is 0. The highest BCUT2D eigenvalue weighted by Gasteiger charge is 2.10. The van der Waals surface area contributed by atoms with Gasteiger partial charge in [0.05, 0.1) is 0 Å². The third-order valence-electron chi connectivity index (χ3n) is 2.66. The Labute approximate surface area is 103 Å². The second kappa shape index (κ2) is 10.1. The Bertz CT molecular complexity index is 232. The number of nitrogens with two attached hydrogens (primary N) is 1. The zero-order chi connectivity index (χ0) is 13.1. The number of carbonyl (C=O) groups is 2. The van der Waals surface area contributed by atoms with Crippen molar-refractivity contribution >= 4 is 11.9 Å². The van der Waals surface area contributed by atoms with Crippen LogP contribution in [-0.4, -0.2) is 30.1 Å². The SMILES string of the molecule is CC(CCN)C(=O)NCCCCCCC(=O)O. The highest BCUT2D eigenvalue weighted by molar-refractivity contribution is 5.78. The molecule has 0 aromatic carbocycles. The minimum atomic E-state index is -0.742. The van der Waals surface area contributed by atoms with E-state index in [2.05, 4.69) is 5.32 Å². The molecule has 0 rings (SSSR count). The van der Waals surface area contributed by atoms with Gasteiger partial charge in [0.1, 0.15) is 0 Å². The van der Waals surface area contributed by atoms with Crippen LogP contribution in [0.5, 0.6) is 0 Å². The average molecular weight is 244 g/mol. The molecule has 100 valence electrons. The van der Waals surface area contributed by atoms with Gasteiger partial charge in [0, 0.05) is 18.9 Å². The molecular weight excluding hydrogens is 220 g/mol. The first-order chi connectivity index (χ1) is 8.07. The smallest absolute Gasteiger partial charge is 0.303 e. The predicted octanol–water partition coefficient (Wildman–Crippen LogP) is 1.12. The van der Waals surface area contributed by atoms with Crippen LogP contribution in [0.25, 0.3) is 0 Å². The molecule has 0 aliphatic rings. The van der Waals surface area contributed by atoms with Gasteiger partial charge in [-0.1, -0.05) is 19.8 Å². The van der Waals surface area contributed by atoms with Crippen molar-refractivity contribution in [1.29, 1.82) is 0 Å². The molecule has 4 N–H and O–H groups in total. The average Bonchev–Trinajstić information content (AvgIpc) is 2.27. The van der Waals surface area contributed by atoms with E-state index < -0.39 is 5.97 Å². The third-order valence-corrected chi connectivity index (χ3v) is 2.66. The lowest BCUT2D eigenvalue weighted by Gasteiger charge is -2.10. The summed E-state index contributed by atoms with van der Waals surface area (Å²) >= 11 is 0. The highest BCUT2D eigenvalue weighted by Crippen LogP contribution is 2.03. The number of carboxylic acids is 1. The van der Waals surface area contributed by atoms with Crippen molar-refractivity contribution in [3.05, 3.63) is 0 Å². The zero-order valence-electron chi connectivity index (χ0n) is 10.6. The van der Waals surface area contributed by atoms with Crippen LogP contribution in [0.15, 0.2) is 0 Å². The maximum atomic E-state index is 11.5. The van der Waals surface area contributed by atoms with Gasteiger partial charge in [-0.2, -0.15) is 0 Å². The molecule has 0 saturated heterocycles. The number of aliphatic carboxylic acids is 1. The van der Waals surface area contributed by atoms with Crippen LogP contribution in [0.2, 0.25) is 0 Å². The normalized spacial score (nSPS) is 12.1. The lowest BCUT2D eigenvalue weighted by molar-refractivity contribution is -0.137. The summed E-state index contributed by atoms with van der Waals surface area (Å²) in [6, 6.07) is 0. The van der Waals surface area contributed by atoms with Gasteiger partial charge in [-0.25, -0.2) is 0 Å². The number of hydrogen-bond acceptors (Lipinski definition) is 3. The van der Waals surface area contributed by atoms with Crippen molar-refractivity contribution in [3.63, 3.8) is 0 Å². The van der Waals surface area contributed by atoms with E-state index in [-0.39, 0.29) is 18.2 Å². The quantitative estimate of drug-likeness (QED) is 0.502. The summed E-state index contributed by atoms with van der Waals surface area (Å²) in [6.45, 7) is 3.07. The van der Waals surface area contributed by atoms with Crippen molar-refractivity contribution in [2.24, 2.45) is 11.7 Å². The van der Waals surface area contributed by atoms with E-state index in [4.69, 9.17) is 10.8 Å². The standard InChI is InChI=1S/C12H24N2O3/c1-10(7-8-13)12(17)14-9-5-3-2-4-6-11(15)16/h10H,2-9,13H2,1H3,(H,14,17)(H,15,16). The van der Waals surface area contributed by atoms with E-state index in [0.717, 1.165) is 19.3 Å². The van der Waals surface area contributed by atoms with Crippen molar-refractivity contribution in [3.8, 4) is 0 Å². The van der Waals surface area contributed by atoms with Gasteiger partial charge in [0.25, 0.3) is 0 Å². The maximum Gasteiger partial charge on any atom is 0.303 e. The fraction of sp³-hybridized carbons (Fsp3) is 0.833. The minimum absolute atomic E-state index is 0.0213. The van der Waals surface area contributed by atoms with E-state index in [1.807, 2.05) is 6.92 Å². The molecule has 0 aromatic rings. The van der Waals surface area contributed by atoms with Crippen LogP contribution in [-0.2, 0) is 9.59 Å². The molecule has 17 heavy (non-hydrogen) atoms. The Hall–Kier alpha value is -1.10. The molecule has 0 aliphatic carbocycles. The molecule has 0 radical (unpaired) electrons. The summed E-state index contributed by atoms with van der Waals surface area (Å²) in [5.41, 5.74) is 5.37. The van der Waals surface area contributed by atoms with Gasteiger partial charge in [0.2, 0.25) is 5.91 Å². The molecule has 5 nitrogen and oxygen atoms in total. The van der Waals surface area contributed by atoms with Crippen LogP contribution in [0.1, 0.15) is 45.4 Å². The summed E-state index contributed by atoms with van der Waals surface area (Å²) < 4.78 is 0. The number of hydrogen-bond donors (Lipinski definition) is 3. The number of amides is 1. The first-order valence-electron chi connectivity index (χ1n) is 6.27. The van der Waals surface area contributed by atoms with Crippen molar-refractivity contribution in [2.45, 2.75) is 45.4 Å². The molecule has 0 heterocycles. The summed E-state index contributed by atoms with van der Waals surface area (Å²) in [4.78, 5) is 21.7. The Morgan fingerprint density at radius 2 is 1.88 bits per heavy atom. The minimum Gasteiger partial charge on any atom is -0.481 e. The lowest BCUT2D eigenvalue weighted by atomic mass is 10.1. The highest BCUT2D eigenvalue weighted by atomic mass is 16.4. The second-order valence-corrected chi connectivity index (χ2v) is 4.33. The van der Waals surface area contributed by atoms with Crippen molar-refractivity contribution in [1.82, 2.24) is 5.32 Å². The van der Waals surface area contributed by atoms with Gasteiger partial charge >= 0.3 is 5.97 Å². The lowest BCUT2D eigenvalue weighted by Crippen LogP contribution is -2.31. The van der Waals surface area contributed by atoms with Gasteiger partial charge in [0.15, 0.2) is 0 Å². The fourth-order valence-electron chi connectivity index (χ4n) is 1.52. The Morgan fingerprint density at radius 3 is 2.47 bits per heavy atom. The number of carboxylic acid groups (broad SMARTS) is 1. The van der Waals surface area contributed by atoms with Gasteiger partial charge < -0.3 is 16.2 Å². The molecule has 1 amide bonds. The number of unbranched alkanes of at least 4 members (excludes halogenated alkanes) is 3. The third kappa shape index (κ3) is 9.81. The van der Waals surface area contributed by atoms with Crippen LogP contribution < -0.4 is 11.1 Å². The number of rotatable bonds is 10. The molecule has 0 saturated carbocycles. The topological polar surface area (TPSA) is 92.4 Å². The van der Waals surface area contributed by atoms with E-state index >= 15 is 0 Å². The predicted molar refractivity (Wildman–Crippen MR) is 66.6 cm³/mol. The van der Waals surface area contributed by atoms with Gasteiger partial charge in [-0.05, 0) is 25.8 Å². The van der Waals surface area contributed by atoms with Crippen LogP contribution in [0.4, 0.5) is 0 Å². The zero-order valence-corrected chi connectivity index (χ0v) is 10.6. The number of nitrogens with one attached hydrogen (secondary N) is 1. The monoisotopic (exact) mass is 244 g/mol. The fourth-order valence-corrected chi connectivity index (χ4v) is 1.52. The van der Waals surface area contributed by atoms with E-state index in [0.29, 0.717) is 25.9 Å². The second-order valence-electron chi connectivity index (χ2n) is 4.33. The molecule has 0 aromatic heterocycles. The van der Waals surface area contributed by atoms with Crippen molar-refractivity contribution < 1.29 is 14.7 Å². The van der Waals surface area contributed by atoms with E-state index in [1.165, 1.54) is 0 Å². The molecular formula is C12H24N2O3. The summed E-state index contributed by atoms with van der Waals surface area (Å²) in [5, 5.41) is 11.3. The van der Waals surface area contributed by atoms with Crippen LogP contribution >= 0.6 is 0 Å². The van der Waals surface area contributed by atoms with E-state index in [9.17, 15) is 9.59 Å². The van der Waals surface area contributed by atoms with Crippen LogP contribution in [0.3, 0.4) is 0 Å². The molecule has 1 unspecified atom stereocenters. The first kappa shape index (κ1) is 15.9. The van der Waals surface area contributed by atoms with E-state index in [1.54, 1.807) is 0 Å².